The monoisotopic (exact) mass is 1260 g/mol. The van der Waals surface area contributed by atoms with Crippen LogP contribution in [-0.4, -0.2) is 152 Å². The largest absolute Gasteiger partial charge is 0.373 e. The van der Waals surface area contributed by atoms with Crippen LogP contribution in [-0.2, 0) is 84.6 Å². The van der Waals surface area contributed by atoms with Crippen LogP contribution in [0.4, 0.5) is 7.77 Å². The first-order valence-electron chi connectivity index (χ1n) is 30.6. The molecule has 4 aromatic carbocycles. The third kappa shape index (κ3) is 17.7. The summed E-state index contributed by atoms with van der Waals surface area (Å²) in [4.78, 5) is 86.0. The summed E-state index contributed by atoms with van der Waals surface area (Å²) in [6.45, 7) is 5.55. The molecule has 6 N–H and O–H groups in total. The van der Waals surface area contributed by atoms with Crippen molar-refractivity contribution in [3.05, 3.63) is 130 Å². The molecule has 0 radical (unpaired) electrons. The second kappa shape index (κ2) is 31.4. The maximum Gasteiger partial charge on any atom is 0.332 e. The van der Waals surface area contributed by atoms with E-state index in [1.807, 2.05) is 36.4 Å². The molecule has 8 rings (SSSR count). The molecule has 4 aliphatic rings. The average Bonchev–Trinajstić information content (AvgIpc) is 3.26. The number of benzene rings is 4. The molecule has 88 heavy (non-hydrogen) atoms. The highest BCUT2D eigenvalue weighted by molar-refractivity contribution is 7.86. The van der Waals surface area contributed by atoms with E-state index in [1.54, 1.807) is 32.8 Å². The molecule has 0 bridgehead atoms. The molecule has 0 unspecified atom stereocenters. The lowest BCUT2D eigenvalue weighted by Crippen LogP contribution is -2.58. The molecule has 20 nitrogen and oxygen atoms in total. The van der Waals surface area contributed by atoms with E-state index in [0.29, 0.717) is 76.0 Å². The van der Waals surface area contributed by atoms with Gasteiger partial charge in [-0.3, -0.25) is 28.8 Å². The summed E-state index contributed by atoms with van der Waals surface area (Å²) in [5.41, 5.74) is 5.53. The third-order valence-electron chi connectivity index (χ3n) is 17.6. The standard InChI is InChI=1S/C64H84F2N8O12S2/c1-41(67-3)57(75)36-48(39-69-37-43-21-25-49(26-22-43)87(65,81)82)63(79)73-29-13-19-55(73)58(76)35-47-33-45-15-7-9-17-51(45)59(47)85-31-11-5-6-12-32-86-60-52-18-10-8-16-46(52)34-53(60)71-62(78)56-20-14-30-74(56)64(80)54(72-61(77)42(2)68-4)40-70-38-44-23-27-50(28-24-44)88(66,83)84/h7-10,15-18,21-28,41-42,47-48,53-56,59-60,67-70H,5-6,11-14,19-20,29-40H2,1-4H3,(H,71,78)(H,72,77)/t41-,42+,47+,48-,53-,54+,55+,56+,59-,60+/m1/s1. The van der Waals surface area contributed by atoms with E-state index in [-0.39, 0.29) is 74.4 Å². The van der Waals surface area contributed by atoms with Crippen LogP contribution < -0.4 is 31.9 Å². The molecule has 4 amide bonds. The number of carbonyl (C=O) groups excluding carboxylic acids is 6. The van der Waals surface area contributed by atoms with Crippen molar-refractivity contribution in [2.45, 2.75) is 162 Å². The molecule has 0 aromatic heterocycles. The normalized spacial score (nSPS) is 21.3. The quantitative estimate of drug-likeness (QED) is 0.0258. The zero-order valence-electron chi connectivity index (χ0n) is 50.5. The number of nitrogens with zero attached hydrogens (tertiary/aromatic N) is 2. The number of ether oxygens (including phenoxy) is 2. The number of rotatable bonds is 33. The van der Waals surface area contributed by atoms with Crippen molar-refractivity contribution in [1.82, 2.24) is 41.7 Å². The lowest BCUT2D eigenvalue weighted by Gasteiger charge is -2.31. The van der Waals surface area contributed by atoms with Crippen molar-refractivity contribution in [2.75, 3.05) is 53.5 Å². The predicted octanol–water partition coefficient (Wildman–Crippen LogP) is 5.39. The van der Waals surface area contributed by atoms with Gasteiger partial charge in [0.15, 0.2) is 5.78 Å². The number of amides is 4. The van der Waals surface area contributed by atoms with Gasteiger partial charge in [0.1, 0.15) is 24.0 Å². The van der Waals surface area contributed by atoms with Crippen molar-refractivity contribution in [1.29, 1.82) is 0 Å². The van der Waals surface area contributed by atoms with Gasteiger partial charge >= 0.3 is 20.4 Å². The van der Waals surface area contributed by atoms with E-state index >= 15 is 0 Å². The Kier molecular flexibility index (Phi) is 24.1. The number of likely N-dealkylation sites (N-methyl/N-ethyl adjacent to an activating group) is 2. The smallest absolute Gasteiger partial charge is 0.332 e. The van der Waals surface area contributed by atoms with Crippen LogP contribution in [0.25, 0.3) is 0 Å². The minimum Gasteiger partial charge on any atom is -0.373 e. The Morgan fingerprint density at radius 2 is 1.12 bits per heavy atom. The SMILES string of the molecule is CN[C@@H](C)C(=O)N[C@@H](CNCc1ccc(S(=O)(=O)F)cc1)C(=O)N1CCC[C@H]1C(=O)N[C@@H]1Cc2ccccc2[C@@H]1OCCCCCCO[C@H]1c2ccccc2C[C@H]1CC(=O)[C@@H]1CCCN1C(=O)[C@@H](CNCc1ccc(S(=O)(=O)F)cc1)CC(=O)[C@@H](C)NC. The number of hydrogen-bond acceptors (Lipinski definition) is 16. The van der Waals surface area contributed by atoms with Crippen LogP contribution in [0.1, 0.15) is 124 Å². The molecule has 24 heteroatoms. The van der Waals surface area contributed by atoms with Crippen LogP contribution in [0.2, 0.25) is 0 Å². The number of likely N-dealkylation sites (tertiary alicyclic amines) is 2. The first-order chi connectivity index (χ1) is 42.1. The fourth-order valence-electron chi connectivity index (χ4n) is 12.4. The molecule has 2 saturated heterocycles. The molecule has 2 aliphatic heterocycles. The number of halogens is 2. The Hall–Kier alpha value is -6.38. The van der Waals surface area contributed by atoms with Crippen LogP contribution in [0, 0.1) is 11.8 Å². The number of carbonyl (C=O) groups is 6. The molecule has 0 saturated carbocycles. The molecule has 2 aliphatic carbocycles. The first kappa shape index (κ1) is 67.5. The summed E-state index contributed by atoms with van der Waals surface area (Å²) in [6.07, 6.45) is 6.05. The first-order valence-corrected chi connectivity index (χ1v) is 33.4. The maximum atomic E-state index is 14.4. The molecule has 10 atom stereocenters. The van der Waals surface area contributed by atoms with E-state index in [1.165, 1.54) is 41.3 Å². The summed E-state index contributed by atoms with van der Waals surface area (Å²) in [6, 6.07) is 22.6. The Labute approximate surface area is 515 Å². The van der Waals surface area contributed by atoms with Crippen LogP contribution in [0.3, 0.4) is 0 Å². The van der Waals surface area contributed by atoms with Crippen LogP contribution >= 0.6 is 0 Å². The van der Waals surface area contributed by atoms with Crippen molar-refractivity contribution in [3.63, 3.8) is 0 Å². The van der Waals surface area contributed by atoms with Crippen molar-refractivity contribution in [2.24, 2.45) is 11.8 Å². The Morgan fingerprint density at radius 1 is 0.614 bits per heavy atom. The second-order valence-electron chi connectivity index (χ2n) is 23.6. The highest BCUT2D eigenvalue weighted by atomic mass is 32.3. The Balaban J connectivity index is 0.812. The lowest BCUT2D eigenvalue weighted by molar-refractivity contribution is -0.143. The number of ketones is 2. The van der Waals surface area contributed by atoms with Gasteiger partial charge < -0.3 is 51.2 Å². The van der Waals surface area contributed by atoms with E-state index < -0.39 is 90.3 Å². The molecule has 0 spiro atoms. The highest BCUT2D eigenvalue weighted by Crippen LogP contribution is 2.42. The third-order valence-corrected chi connectivity index (χ3v) is 19.2. The number of hydrogen-bond donors (Lipinski definition) is 6. The van der Waals surface area contributed by atoms with Crippen LogP contribution in [0.5, 0.6) is 0 Å². The number of unbranched alkanes of at least 4 members (excludes halogenated alkanes) is 3. The summed E-state index contributed by atoms with van der Waals surface area (Å²) in [5, 5.41) is 18.2. The fourth-order valence-corrected chi connectivity index (χ4v) is 13.4. The molecule has 4 aromatic rings. The van der Waals surface area contributed by atoms with E-state index in [9.17, 15) is 53.4 Å². The van der Waals surface area contributed by atoms with Crippen LogP contribution in [0.15, 0.2) is 107 Å². The molecular weight excluding hydrogens is 1170 g/mol. The number of nitrogens with one attached hydrogen (secondary N) is 6. The van der Waals surface area contributed by atoms with Gasteiger partial charge in [-0.15, -0.1) is 7.77 Å². The topological polar surface area (TPSA) is 268 Å². The lowest BCUT2D eigenvalue weighted by atomic mass is 9.92. The summed E-state index contributed by atoms with van der Waals surface area (Å²) < 4.78 is 85.5. The molecule has 2 fully saturated rings. The van der Waals surface area contributed by atoms with E-state index in [4.69, 9.17) is 9.47 Å². The van der Waals surface area contributed by atoms with Gasteiger partial charge in [-0.25, -0.2) is 0 Å². The molecular formula is C64H84F2N8O12S2. The van der Waals surface area contributed by atoms with Crippen molar-refractivity contribution < 1.29 is 62.8 Å². The summed E-state index contributed by atoms with van der Waals surface area (Å²) in [7, 11) is -6.43. The van der Waals surface area contributed by atoms with E-state index in [0.717, 1.165) is 60.1 Å². The van der Waals surface area contributed by atoms with Gasteiger partial charge in [0.05, 0.1) is 46.0 Å². The second-order valence-corrected chi connectivity index (χ2v) is 26.3. The van der Waals surface area contributed by atoms with Crippen molar-refractivity contribution >= 4 is 55.6 Å². The Morgan fingerprint density at radius 3 is 1.69 bits per heavy atom. The molecule has 478 valence electrons. The zero-order chi connectivity index (χ0) is 63.1. The van der Waals surface area contributed by atoms with E-state index in [2.05, 4.69) is 44.0 Å². The van der Waals surface area contributed by atoms with Gasteiger partial charge in [0.2, 0.25) is 23.6 Å². The summed E-state index contributed by atoms with van der Waals surface area (Å²) >= 11 is 0. The zero-order valence-corrected chi connectivity index (χ0v) is 52.2. The van der Waals surface area contributed by atoms with Crippen molar-refractivity contribution in [3.8, 4) is 0 Å². The minimum atomic E-state index is -4.87. The fraction of sp³-hybridized carbons (Fsp3) is 0.531. The predicted molar refractivity (Wildman–Crippen MR) is 326 cm³/mol. The van der Waals surface area contributed by atoms with Gasteiger partial charge in [-0.05, 0) is 137 Å². The highest BCUT2D eigenvalue weighted by Gasteiger charge is 2.43. The van der Waals surface area contributed by atoms with Gasteiger partial charge in [0, 0.05) is 71.2 Å². The van der Waals surface area contributed by atoms with Gasteiger partial charge in [-0.1, -0.05) is 85.6 Å². The number of Topliss-reactive ketones (excluding diaryl/α,β-unsaturated/α-hetero) is 2. The average molecular weight is 1260 g/mol. The Bertz CT molecular complexity index is 3090. The van der Waals surface area contributed by atoms with Gasteiger partial charge in [-0.2, -0.15) is 16.8 Å². The summed E-state index contributed by atoms with van der Waals surface area (Å²) in [5.74, 6) is -2.52. The number of fused-ring (bicyclic) bond motifs is 2. The maximum absolute atomic E-state index is 14.4. The van der Waals surface area contributed by atoms with Gasteiger partial charge in [0.25, 0.3) is 0 Å². The minimum absolute atomic E-state index is 0.00201. The molecule has 2 heterocycles.